The first-order chi connectivity index (χ1) is 17.8. The van der Waals surface area contributed by atoms with Gasteiger partial charge in [-0.3, -0.25) is 4.99 Å². The van der Waals surface area contributed by atoms with Gasteiger partial charge in [0.25, 0.3) is 0 Å². The fourth-order valence-corrected chi connectivity index (χ4v) is 5.40. The normalized spacial score (nSPS) is 12.1. The molecule has 36 heavy (non-hydrogen) atoms. The molecule has 0 amide bonds. The lowest BCUT2D eigenvalue weighted by Crippen LogP contribution is -2.48. The number of methoxy groups -OCH3 is 3. The third-order valence-electron chi connectivity index (χ3n) is 4.75. The van der Waals surface area contributed by atoms with E-state index in [4.69, 9.17) is 41.7 Å². The van der Waals surface area contributed by atoms with Gasteiger partial charge in [-0.15, -0.1) is 0 Å². The molecule has 1 rings (SSSR count). The summed E-state index contributed by atoms with van der Waals surface area (Å²) in [5.41, 5.74) is 1.07. The highest BCUT2D eigenvalue weighted by Crippen LogP contribution is 2.19. The Labute approximate surface area is 217 Å². The van der Waals surface area contributed by atoms with Crippen LogP contribution in [0.4, 0.5) is 0 Å². The number of hydrogen-bond acceptors (Lipinski definition) is 10. The second-order valence-electron chi connectivity index (χ2n) is 7.59. The monoisotopic (exact) mass is 531 g/mol. The van der Waals surface area contributed by atoms with E-state index in [-0.39, 0.29) is 0 Å². The predicted octanol–water partition coefficient (Wildman–Crippen LogP) is 2.47. The molecule has 0 heterocycles. The molecule has 0 aliphatic carbocycles. The molecule has 0 aliphatic heterocycles. The highest BCUT2D eigenvalue weighted by molar-refractivity contribution is 6.60. The van der Waals surface area contributed by atoms with Crippen LogP contribution in [0.1, 0.15) is 12.0 Å². The van der Waals surface area contributed by atoms with Crippen LogP contribution in [-0.2, 0) is 41.7 Å². The van der Waals surface area contributed by atoms with Gasteiger partial charge in [0.15, 0.2) is 0 Å². The van der Waals surface area contributed by atoms with Gasteiger partial charge in [0.2, 0.25) is 0 Å². The first-order valence-corrected chi connectivity index (χ1v) is 14.4. The van der Waals surface area contributed by atoms with Crippen LogP contribution in [0.2, 0.25) is 6.04 Å². The summed E-state index contributed by atoms with van der Waals surface area (Å²) < 4.78 is 50.5. The summed E-state index contributed by atoms with van der Waals surface area (Å²) in [5.74, 6) is 0. The molecule has 11 heteroatoms. The molecule has 1 aromatic carbocycles. The first-order valence-electron chi connectivity index (χ1n) is 12.4. The molecule has 0 saturated carbocycles. The Kier molecular flexibility index (Phi) is 21.9. The van der Waals surface area contributed by atoms with Crippen LogP contribution in [0.25, 0.3) is 0 Å². The molecule has 0 unspecified atom stereocenters. The van der Waals surface area contributed by atoms with E-state index < -0.39 is 8.80 Å². The SMILES string of the molecule is COCCOCCO[Si](CCCN=Cc1ccccc1)(OCCOCCOC)OCCOCCOC. The lowest BCUT2D eigenvalue weighted by atomic mass is 10.2. The van der Waals surface area contributed by atoms with E-state index in [1.165, 1.54) is 0 Å². The zero-order valence-corrected chi connectivity index (χ0v) is 23.2. The van der Waals surface area contributed by atoms with Gasteiger partial charge >= 0.3 is 8.80 Å². The van der Waals surface area contributed by atoms with Gasteiger partial charge in [0, 0.05) is 40.1 Å². The van der Waals surface area contributed by atoms with Gasteiger partial charge in [0.1, 0.15) is 0 Å². The maximum absolute atomic E-state index is 6.25. The largest absolute Gasteiger partial charge is 0.501 e. The van der Waals surface area contributed by atoms with Gasteiger partial charge in [-0.1, -0.05) is 30.3 Å². The molecule has 0 fully saturated rings. The van der Waals surface area contributed by atoms with E-state index >= 15 is 0 Å². The van der Waals surface area contributed by atoms with E-state index in [0.29, 0.717) is 91.9 Å². The highest BCUT2D eigenvalue weighted by atomic mass is 28.4. The van der Waals surface area contributed by atoms with Gasteiger partial charge in [0.05, 0.1) is 79.3 Å². The van der Waals surface area contributed by atoms with Crippen LogP contribution in [-0.4, -0.2) is 122 Å². The molecule has 0 aliphatic rings. The van der Waals surface area contributed by atoms with Crippen molar-refractivity contribution in [2.45, 2.75) is 12.5 Å². The number of rotatable bonds is 26. The molecular weight excluding hydrogens is 486 g/mol. The molecule has 1 aromatic rings. The van der Waals surface area contributed by atoms with Crippen molar-refractivity contribution in [3.8, 4) is 0 Å². The number of aliphatic imine (C=N–C) groups is 1. The van der Waals surface area contributed by atoms with Crippen LogP contribution in [0.5, 0.6) is 0 Å². The van der Waals surface area contributed by atoms with Gasteiger partial charge in [-0.05, 0) is 12.0 Å². The molecule has 10 nitrogen and oxygen atoms in total. The zero-order chi connectivity index (χ0) is 26.0. The Bertz CT molecular complexity index is 584. The van der Waals surface area contributed by atoms with E-state index in [2.05, 4.69) is 4.99 Å². The fraction of sp³-hybridized carbons (Fsp3) is 0.720. The summed E-state index contributed by atoms with van der Waals surface area (Å²) in [6, 6.07) is 10.6. The molecular formula is C25H45NO9Si. The Hall–Kier alpha value is -1.25. The van der Waals surface area contributed by atoms with Crippen LogP contribution in [0, 0.1) is 0 Å². The number of benzene rings is 1. The van der Waals surface area contributed by atoms with Gasteiger partial charge in [-0.25, -0.2) is 0 Å². The second-order valence-corrected chi connectivity index (χ2v) is 10.3. The minimum absolute atomic E-state index is 0.359. The molecule has 0 atom stereocenters. The van der Waals surface area contributed by atoms with Gasteiger partial charge in [-0.2, -0.15) is 0 Å². The summed E-state index contributed by atoms with van der Waals surface area (Å²) in [6.45, 7) is 6.10. The summed E-state index contributed by atoms with van der Waals surface area (Å²) in [4.78, 5) is 4.55. The topological polar surface area (TPSA) is 95.4 Å². The molecule has 0 saturated heterocycles. The maximum Gasteiger partial charge on any atom is 0.501 e. The number of nitrogens with zero attached hydrogens (tertiary/aromatic N) is 1. The molecule has 0 N–H and O–H groups in total. The van der Waals surface area contributed by atoms with Crippen molar-refractivity contribution in [1.82, 2.24) is 0 Å². The molecule has 0 spiro atoms. The smallest absolute Gasteiger partial charge is 0.382 e. The molecule has 0 radical (unpaired) electrons. The Morgan fingerprint density at radius 2 is 1.06 bits per heavy atom. The van der Waals surface area contributed by atoms with E-state index in [0.717, 1.165) is 12.0 Å². The van der Waals surface area contributed by atoms with Crippen LogP contribution in [0.3, 0.4) is 0 Å². The minimum atomic E-state index is -3.04. The maximum atomic E-state index is 6.25. The number of ether oxygens (including phenoxy) is 6. The van der Waals surface area contributed by atoms with Crippen molar-refractivity contribution in [2.75, 3.05) is 107 Å². The molecule has 208 valence electrons. The summed E-state index contributed by atoms with van der Waals surface area (Å²) in [6.07, 6.45) is 2.64. The predicted molar refractivity (Wildman–Crippen MR) is 140 cm³/mol. The Morgan fingerprint density at radius 1 is 0.611 bits per heavy atom. The van der Waals surface area contributed by atoms with Crippen molar-refractivity contribution in [3.05, 3.63) is 35.9 Å². The lowest BCUT2D eigenvalue weighted by Gasteiger charge is -2.30. The average Bonchev–Trinajstić information content (AvgIpc) is 2.90. The van der Waals surface area contributed by atoms with Crippen molar-refractivity contribution in [3.63, 3.8) is 0 Å². The van der Waals surface area contributed by atoms with E-state index in [1.807, 2.05) is 36.5 Å². The summed E-state index contributed by atoms with van der Waals surface area (Å²) in [7, 11) is 1.89. The quantitative estimate of drug-likeness (QED) is 0.101. The van der Waals surface area contributed by atoms with Gasteiger partial charge < -0.3 is 41.7 Å². The van der Waals surface area contributed by atoms with E-state index in [1.54, 1.807) is 21.3 Å². The third-order valence-corrected chi connectivity index (χ3v) is 7.65. The first kappa shape index (κ1) is 32.8. The highest BCUT2D eigenvalue weighted by Gasteiger charge is 2.40. The van der Waals surface area contributed by atoms with Crippen molar-refractivity contribution in [2.24, 2.45) is 4.99 Å². The van der Waals surface area contributed by atoms with Crippen LogP contribution < -0.4 is 0 Å². The average molecular weight is 532 g/mol. The van der Waals surface area contributed by atoms with Crippen molar-refractivity contribution in [1.29, 1.82) is 0 Å². The summed E-state index contributed by atoms with van der Waals surface area (Å²) in [5, 5.41) is 0. The lowest BCUT2D eigenvalue weighted by molar-refractivity contribution is -0.0111. The number of hydrogen-bond donors (Lipinski definition) is 0. The Balaban J connectivity index is 2.66. The fourth-order valence-electron chi connectivity index (χ4n) is 2.94. The summed E-state index contributed by atoms with van der Waals surface area (Å²) >= 11 is 0. The zero-order valence-electron chi connectivity index (χ0n) is 22.2. The van der Waals surface area contributed by atoms with Crippen LogP contribution in [0.15, 0.2) is 35.3 Å². The van der Waals surface area contributed by atoms with Crippen LogP contribution >= 0.6 is 0 Å². The molecule has 0 bridgehead atoms. The van der Waals surface area contributed by atoms with E-state index in [9.17, 15) is 0 Å². The standard InChI is InChI=1S/C25H45NO9Si/c1-27-11-14-30-17-20-33-36(34-21-18-31-15-12-28-2,35-22-19-32-16-13-29-3)23-7-10-26-24-25-8-5-4-6-9-25/h4-6,8-9,24H,7,10-23H2,1-3H3. The Morgan fingerprint density at radius 3 is 1.50 bits per heavy atom. The second kappa shape index (κ2) is 24.1. The molecule has 0 aromatic heterocycles. The minimum Gasteiger partial charge on any atom is -0.382 e. The van der Waals surface area contributed by atoms with Crippen molar-refractivity contribution < 1.29 is 41.7 Å². The van der Waals surface area contributed by atoms with Crippen molar-refractivity contribution >= 4 is 15.0 Å². The third kappa shape index (κ3) is 18.1.